The van der Waals surface area contributed by atoms with Gasteiger partial charge in [-0.1, -0.05) is 6.07 Å². The number of nitrogens with one attached hydrogen (secondary N) is 1. The minimum absolute atomic E-state index is 0.147. The predicted molar refractivity (Wildman–Crippen MR) is 89.4 cm³/mol. The van der Waals surface area contributed by atoms with E-state index in [2.05, 4.69) is 10.2 Å². The Kier molecular flexibility index (Phi) is 6.80. The molecule has 0 bridgehead atoms. The molecule has 1 amide bonds. The van der Waals surface area contributed by atoms with Crippen LogP contribution >= 0.6 is 0 Å². The van der Waals surface area contributed by atoms with Gasteiger partial charge in [-0.3, -0.25) is 14.6 Å². The first-order chi connectivity index (χ1) is 11.8. The van der Waals surface area contributed by atoms with Gasteiger partial charge >= 0.3 is 6.18 Å². The standard InChI is InChI=1S/C17H24F3N3O2/c1-13(22(2)6-7-23-8-10-25-11-9-23)16(24)21-15-5-3-4-14(12-15)17(18,19)20/h3-5,12-13H,6-11H2,1-2H3,(H,21,24)/t13-/m0/s1. The summed E-state index contributed by atoms with van der Waals surface area (Å²) < 4.78 is 43.5. The lowest BCUT2D eigenvalue weighted by molar-refractivity contribution is -0.137. The molecular formula is C17H24F3N3O2. The molecule has 0 radical (unpaired) electrons. The summed E-state index contributed by atoms with van der Waals surface area (Å²) in [7, 11) is 1.83. The van der Waals surface area contributed by atoms with Crippen LogP contribution in [-0.4, -0.2) is 68.2 Å². The molecule has 0 aliphatic carbocycles. The van der Waals surface area contributed by atoms with E-state index in [0.29, 0.717) is 6.54 Å². The Morgan fingerprint density at radius 2 is 2.04 bits per heavy atom. The zero-order valence-corrected chi connectivity index (χ0v) is 14.5. The second-order valence-corrected chi connectivity index (χ2v) is 6.18. The Morgan fingerprint density at radius 1 is 1.36 bits per heavy atom. The topological polar surface area (TPSA) is 44.8 Å². The van der Waals surface area contributed by atoms with E-state index in [1.165, 1.54) is 12.1 Å². The van der Waals surface area contributed by atoms with Crippen molar-refractivity contribution in [1.29, 1.82) is 0 Å². The third-order valence-corrected chi connectivity index (χ3v) is 4.37. The van der Waals surface area contributed by atoms with Crippen molar-refractivity contribution in [2.24, 2.45) is 0 Å². The highest BCUT2D eigenvalue weighted by Crippen LogP contribution is 2.30. The zero-order chi connectivity index (χ0) is 18.4. The molecule has 25 heavy (non-hydrogen) atoms. The fourth-order valence-corrected chi connectivity index (χ4v) is 2.54. The molecule has 1 aromatic rings. The summed E-state index contributed by atoms with van der Waals surface area (Å²) >= 11 is 0. The second kappa shape index (κ2) is 8.64. The van der Waals surface area contributed by atoms with E-state index in [9.17, 15) is 18.0 Å². The number of carbonyl (C=O) groups is 1. The number of halogens is 3. The van der Waals surface area contributed by atoms with Crippen molar-refractivity contribution in [3.05, 3.63) is 29.8 Å². The number of benzene rings is 1. The smallest absolute Gasteiger partial charge is 0.379 e. The number of ether oxygens (including phenoxy) is 1. The third-order valence-electron chi connectivity index (χ3n) is 4.37. The van der Waals surface area contributed by atoms with Gasteiger partial charge in [0.25, 0.3) is 0 Å². The van der Waals surface area contributed by atoms with Crippen LogP contribution in [0, 0.1) is 0 Å². The van der Waals surface area contributed by atoms with Crippen molar-refractivity contribution in [3.8, 4) is 0 Å². The predicted octanol–water partition coefficient (Wildman–Crippen LogP) is 2.30. The van der Waals surface area contributed by atoms with Crippen molar-refractivity contribution in [1.82, 2.24) is 9.80 Å². The summed E-state index contributed by atoms with van der Waals surface area (Å²) in [4.78, 5) is 16.4. The van der Waals surface area contributed by atoms with Crippen LogP contribution in [0.4, 0.5) is 18.9 Å². The van der Waals surface area contributed by atoms with Gasteiger partial charge in [0.05, 0.1) is 24.8 Å². The maximum atomic E-state index is 12.7. The highest BCUT2D eigenvalue weighted by atomic mass is 19.4. The van der Waals surface area contributed by atoms with Gasteiger partial charge in [0, 0.05) is 31.9 Å². The molecule has 1 aromatic carbocycles. The Labute approximate surface area is 145 Å². The van der Waals surface area contributed by atoms with Crippen LogP contribution in [0.25, 0.3) is 0 Å². The molecule has 0 saturated carbocycles. The molecule has 1 N–H and O–H groups in total. The Hall–Kier alpha value is -1.64. The lowest BCUT2D eigenvalue weighted by Crippen LogP contribution is -2.45. The third kappa shape index (κ3) is 5.98. The minimum atomic E-state index is -4.43. The maximum Gasteiger partial charge on any atom is 0.416 e. The van der Waals surface area contributed by atoms with Crippen LogP contribution < -0.4 is 5.32 Å². The average Bonchev–Trinajstić information content (AvgIpc) is 2.59. The van der Waals surface area contributed by atoms with Crippen LogP contribution in [0.2, 0.25) is 0 Å². The summed E-state index contributed by atoms with van der Waals surface area (Å²) in [6.07, 6.45) is -4.43. The van der Waals surface area contributed by atoms with Crippen molar-refractivity contribution < 1.29 is 22.7 Å². The van der Waals surface area contributed by atoms with E-state index in [-0.39, 0.29) is 11.6 Å². The quantitative estimate of drug-likeness (QED) is 0.847. The molecule has 1 aliphatic rings. The number of amides is 1. The molecule has 0 unspecified atom stereocenters. The molecule has 1 aliphatic heterocycles. The minimum Gasteiger partial charge on any atom is -0.379 e. The number of nitrogens with zero attached hydrogens (tertiary/aromatic N) is 2. The van der Waals surface area contributed by atoms with Gasteiger partial charge in [0.15, 0.2) is 0 Å². The van der Waals surface area contributed by atoms with Crippen molar-refractivity contribution >= 4 is 11.6 Å². The number of hydrogen-bond acceptors (Lipinski definition) is 4. The SMILES string of the molecule is C[C@@H](C(=O)Nc1cccc(C(F)(F)F)c1)N(C)CCN1CCOCC1. The molecule has 8 heteroatoms. The van der Waals surface area contributed by atoms with Gasteiger partial charge in [0.1, 0.15) is 0 Å². The van der Waals surface area contributed by atoms with Crippen LogP contribution in [-0.2, 0) is 15.7 Å². The normalized spacial score (nSPS) is 17.5. The largest absolute Gasteiger partial charge is 0.416 e. The Bertz CT molecular complexity index is 575. The summed E-state index contributed by atoms with van der Waals surface area (Å²) in [5.74, 6) is -0.330. The summed E-state index contributed by atoms with van der Waals surface area (Å²) in [6, 6.07) is 4.21. The second-order valence-electron chi connectivity index (χ2n) is 6.18. The monoisotopic (exact) mass is 359 g/mol. The molecule has 1 fully saturated rings. The highest BCUT2D eigenvalue weighted by molar-refractivity contribution is 5.94. The Morgan fingerprint density at radius 3 is 2.68 bits per heavy atom. The number of hydrogen-bond donors (Lipinski definition) is 1. The van der Waals surface area contributed by atoms with E-state index < -0.39 is 17.8 Å². The molecule has 1 saturated heterocycles. The first-order valence-corrected chi connectivity index (χ1v) is 8.26. The average molecular weight is 359 g/mol. The maximum absolute atomic E-state index is 12.7. The molecule has 5 nitrogen and oxygen atoms in total. The van der Waals surface area contributed by atoms with E-state index >= 15 is 0 Å². The fraction of sp³-hybridized carbons (Fsp3) is 0.588. The first-order valence-electron chi connectivity index (χ1n) is 8.26. The first kappa shape index (κ1) is 19.7. The molecule has 140 valence electrons. The molecule has 2 rings (SSSR count). The molecule has 1 atom stereocenters. The lowest BCUT2D eigenvalue weighted by Gasteiger charge is -2.30. The van der Waals surface area contributed by atoms with Crippen LogP contribution in [0.1, 0.15) is 12.5 Å². The van der Waals surface area contributed by atoms with Crippen LogP contribution in [0.15, 0.2) is 24.3 Å². The van der Waals surface area contributed by atoms with Gasteiger partial charge in [-0.15, -0.1) is 0 Å². The highest BCUT2D eigenvalue weighted by Gasteiger charge is 2.30. The molecule has 0 aromatic heterocycles. The van der Waals surface area contributed by atoms with E-state index in [0.717, 1.165) is 45.0 Å². The van der Waals surface area contributed by atoms with Gasteiger partial charge in [-0.05, 0) is 32.2 Å². The van der Waals surface area contributed by atoms with Crippen molar-refractivity contribution in [3.63, 3.8) is 0 Å². The molecule has 0 spiro atoms. The van der Waals surface area contributed by atoms with Gasteiger partial charge in [0.2, 0.25) is 5.91 Å². The number of alkyl halides is 3. The number of morpholine rings is 1. The number of carbonyl (C=O) groups excluding carboxylic acids is 1. The number of anilines is 1. The number of likely N-dealkylation sites (N-methyl/N-ethyl adjacent to an activating group) is 1. The zero-order valence-electron chi connectivity index (χ0n) is 14.5. The summed E-state index contributed by atoms with van der Waals surface area (Å²) in [5.41, 5.74) is -0.633. The van der Waals surface area contributed by atoms with Gasteiger partial charge in [-0.25, -0.2) is 0 Å². The van der Waals surface area contributed by atoms with Gasteiger partial charge in [-0.2, -0.15) is 13.2 Å². The van der Waals surface area contributed by atoms with Gasteiger partial charge < -0.3 is 10.1 Å². The van der Waals surface area contributed by atoms with E-state index in [4.69, 9.17) is 4.74 Å². The number of rotatable bonds is 6. The molecule has 1 heterocycles. The lowest BCUT2D eigenvalue weighted by atomic mass is 10.2. The Balaban J connectivity index is 1.86. The van der Waals surface area contributed by atoms with Crippen LogP contribution in [0.3, 0.4) is 0 Å². The summed E-state index contributed by atoms with van der Waals surface area (Å²) in [6.45, 7) is 6.43. The molecular weight excluding hydrogens is 335 g/mol. The van der Waals surface area contributed by atoms with Crippen molar-refractivity contribution in [2.75, 3.05) is 51.8 Å². The summed E-state index contributed by atoms with van der Waals surface area (Å²) in [5, 5.41) is 2.56. The van der Waals surface area contributed by atoms with Crippen molar-refractivity contribution in [2.45, 2.75) is 19.1 Å². The van der Waals surface area contributed by atoms with Crippen LogP contribution in [0.5, 0.6) is 0 Å². The van der Waals surface area contributed by atoms with E-state index in [1.54, 1.807) is 6.92 Å². The fourth-order valence-electron chi connectivity index (χ4n) is 2.54. The van der Waals surface area contributed by atoms with E-state index in [1.807, 2.05) is 11.9 Å².